The average Bonchev–Trinajstić information content (AvgIpc) is 3.02. The molecule has 1 aromatic carbocycles. The van der Waals surface area contributed by atoms with Crippen molar-refractivity contribution in [3.05, 3.63) is 29.3 Å². The molecule has 4 rings (SSSR count). The molecule has 2 aliphatic heterocycles. The summed E-state index contributed by atoms with van der Waals surface area (Å²) in [5, 5.41) is 10.0. The summed E-state index contributed by atoms with van der Waals surface area (Å²) in [4.78, 5) is 5.39. The Balaban J connectivity index is 1.58. The van der Waals surface area contributed by atoms with Crippen LogP contribution in [0.3, 0.4) is 0 Å². The van der Waals surface area contributed by atoms with Gasteiger partial charge >= 0.3 is 0 Å². The third-order valence-electron chi connectivity index (χ3n) is 5.49. The van der Waals surface area contributed by atoms with Crippen LogP contribution in [-0.2, 0) is 6.42 Å². The third-order valence-corrected chi connectivity index (χ3v) is 5.49. The van der Waals surface area contributed by atoms with Gasteiger partial charge in [0.25, 0.3) is 0 Å². The van der Waals surface area contributed by atoms with Crippen LogP contribution in [-0.4, -0.2) is 47.1 Å². The van der Waals surface area contributed by atoms with Crippen LogP contribution in [0.2, 0.25) is 0 Å². The van der Waals surface area contributed by atoms with Crippen LogP contribution >= 0.6 is 0 Å². The summed E-state index contributed by atoms with van der Waals surface area (Å²) >= 11 is 0. The van der Waals surface area contributed by atoms with Gasteiger partial charge in [0.15, 0.2) is 0 Å². The predicted octanol–water partition coefficient (Wildman–Crippen LogP) is 2.55. The fourth-order valence-electron chi connectivity index (χ4n) is 4.51. The molecule has 0 radical (unpaired) electrons. The number of benzene rings is 1. The van der Waals surface area contributed by atoms with Crippen molar-refractivity contribution in [3.8, 4) is 5.75 Å². The van der Waals surface area contributed by atoms with Crippen LogP contribution < -0.4 is 0 Å². The van der Waals surface area contributed by atoms with E-state index in [0.29, 0.717) is 11.8 Å². The quantitative estimate of drug-likeness (QED) is 0.851. The summed E-state index contributed by atoms with van der Waals surface area (Å²) in [7, 11) is 0. The van der Waals surface area contributed by atoms with Gasteiger partial charge in [-0.25, -0.2) is 0 Å². The minimum Gasteiger partial charge on any atom is -0.508 e. The van der Waals surface area contributed by atoms with Crippen molar-refractivity contribution in [2.45, 2.75) is 44.2 Å². The Kier molecular flexibility index (Phi) is 3.20. The SMILES string of the molecule is Oc1cccc2c1CCC2N1CCCN2CCCC2C1. The normalized spacial score (nSPS) is 31.0. The van der Waals surface area contributed by atoms with Gasteiger partial charge in [-0.15, -0.1) is 0 Å². The van der Waals surface area contributed by atoms with E-state index in [4.69, 9.17) is 0 Å². The van der Waals surface area contributed by atoms with E-state index in [9.17, 15) is 5.11 Å². The summed E-state index contributed by atoms with van der Waals surface area (Å²) in [5.74, 6) is 0.502. The van der Waals surface area contributed by atoms with E-state index in [1.807, 2.05) is 12.1 Å². The first-order valence-corrected chi connectivity index (χ1v) is 8.12. The third kappa shape index (κ3) is 2.04. The zero-order valence-electron chi connectivity index (χ0n) is 12.1. The van der Waals surface area contributed by atoms with E-state index in [-0.39, 0.29) is 0 Å². The Labute approximate surface area is 121 Å². The standard InChI is InChI=1S/C17H24N2O/c20-17-6-1-5-14-15(17)7-8-16(14)19-11-3-10-18-9-2-4-13(18)12-19/h1,5-6,13,16,20H,2-4,7-12H2. The van der Waals surface area contributed by atoms with Gasteiger partial charge in [-0.05, 0) is 62.4 Å². The van der Waals surface area contributed by atoms with E-state index in [1.165, 1.54) is 63.0 Å². The van der Waals surface area contributed by atoms with Gasteiger partial charge in [0.05, 0.1) is 0 Å². The van der Waals surface area contributed by atoms with Crippen molar-refractivity contribution in [1.29, 1.82) is 0 Å². The van der Waals surface area contributed by atoms with Gasteiger partial charge in [0.2, 0.25) is 0 Å². The lowest BCUT2D eigenvalue weighted by Gasteiger charge is -2.31. The van der Waals surface area contributed by atoms with Crippen LogP contribution in [0.25, 0.3) is 0 Å². The maximum atomic E-state index is 10.0. The fraction of sp³-hybridized carbons (Fsp3) is 0.647. The molecule has 20 heavy (non-hydrogen) atoms. The Bertz CT molecular complexity index is 502. The highest BCUT2D eigenvalue weighted by Crippen LogP contribution is 2.40. The maximum Gasteiger partial charge on any atom is 0.119 e. The molecule has 0 amide bonds. The highest BCUT2D eigenvalue weighted by molar-refractivity contribution is 5.44. The molecule has 3 nitrogen and oxygen atoms in total. The number of hydrogen-bond acceptors (Lipinski definition) is 3. The van der Waals surface area contributed by atoms with Gasteiger partial charge in [0.1, 0.15) is 5.75 Å². The largest absolute Gasteiger partial charge is 0.508 e. The van der Waals surface area contributed by atoms with E-state index in [2.05, 4.69) is 15.9 Å². The molecule has 2 heterocycles. The second-order valence-electron chi connectivity index (χ2n) is 6.58. The zero-order valence-corrected chi connectivity index (χ0v) is 12.1. The summed E-state index contributed by atoms with van der Waals surface area (Å²) < 4.78 is 0. The molecule has 0 bridgehead atoms. The molecule has 2 fully saturated rings. The van der Waals surface area contributed by atoms with Crippen molar-refractivity contribution in [2.75, 3.05) is 26.2 Å². The average molecular weight is 272 g/mol. The molecular weight excluding hydrogens is 248 g/mol. The highest BCUT2D eigenvalue weighted by Gasteiger charge is 2.35. The molecule has 1 N–H and O–H groups in total. The first kappa shape index (κ1) is 12.7. The van der Waals surface area contributed by atoms with E-state index >= 15 is 0 Å². The Hall–Kier alpha value is -1.06. The lowest BCUT2D eigenvalue weighted by Crippen LogP contribution is -2.37. The number of phenols is 1. The maximum absolute atomic E-state index is 10.0. The minimum absolute atomic E-state index is 0.502. The van der Waals surface area contributed by atoms with Crippen LogP contribution in [0.4, 0.5) is 0 Å². The second-order valence-corrected chi connectivity index (χ2v) is 6.58. The predicted molar refractivity (Wildman–Crippen MR) is 80.0 cm³/mol. The molecule has 1 aromatic rings. The smallest absolute Gasteiger partial charge is 0.119 e. The number of fused-ring (bicyclic) bond motifs is 2. The number of aromatic hydroxyl groups is 1. The molecule has 2 atom stereocenters. The van der Waals surface area contributed by atoms with Crippen molar-refractivity contribution >= 4 is 0 Å². The van der Waals surface area contributed by atoms with Crippen molar-refractivity contribution < 1.29 is 5.11 Å². The molecule has 0 saturated carbocycles. The van der Waals surface area contributed by atoms with Gasteiger partial charge in [0, 0.05) is 25.2 Å². The number of hydrogen-bond donors (Lipinski definition) is 1. The Morgan fingerprint density at radius 3 is 2.80 bits per heavy atom. The van der Waals surface area contributed by atoms with Crippen LogP contribution in [0.15, 0.2) is 18.2 Å². The van der Waals surface area contributed by atoms with Gasteiger partial charge in [-0.1, -0.05) is 12.1 Å². The lowest BCUT2D eigenvalue weighted by molar-refractivity contribution is 0.172. The van der Waals surface area contributed by atoms with Crippen LogP contribution in [0.5, 0.6) is 5.75 Å². The zero-order chi connectivity index (χ0) is 13.5. The van der Waals surface area contributed by atoms with E-state index in [1.54, 1.807) is 0 Å². The molecule has 2 unspecified atom stereocenters. The summed E-state index contributed by atoms with van der Waals surface area (Å²) in [6.45, 7) is 5.02. The fourth-order valence-corrected chi connectivity index (χ4v) is 4.51. The van der Waals surface area contributed by atoms with E-state index in [0.717, 1.165) is 12.5 Å². The molecule has 3 heteroatoms. The first-order chi connectivity index (χ1) is 9.83. The first-order valence-electron chi connectivity index (χ1n) is 8.12. The molecule has 1 aliphatic carbocycles. The topological polar surface area (TPSA) is 26.7 Å². The molecule has 108 valence electrons. The Morgan fingerprint density at radius 1 is 1.00 bits per heavy atom. The number of nitrogens with zero attached hydrogens (tertiary/aromatic N) is 2. The van der Waals surface area contributed by atoms with Crippen molar-refractivity contribution in [1.82, 2.24) is 9.80 Å². The summed E-state index contributed by atoms with van der Waals surface area (Å²) in [6, 6.07) is 7.38. The molecule has 0 aromatic heterocycles. The molecular formula is C17H24N2O. The van der Waals surface area contributed by atoms with Crippen LogP contribution in [0, 0.1) is 0 Å². The second kappa shape index (κ2) is 5.05. The Morgan fingerprint density at radius 2 is 1.85 bits per heavy atom. The molecule has 0 spiro atoms. The molecule has 2 saturated heterocycles. The highest BCUT2D eigenvalue weighted by atomic mass is 16.3. The van der Waals surface area contributed by atoms with Crippen molar-refractivity contribution in [3.63, 3.8) is 0 Å². The monoisotopic (exact) mass is 272 g/mol. The van der Waals surface area contributed by atoms with Gasteiger partial charge in [-0.3, -0.25) is 9.80 Å². The number of phenolic OH excluding ortho intramolecular Hbond substituents is 1. The van der Waals surface area contributed by atoms with Crippen LogP contribution in [0.1, 0.15) is 42.9 Å². The van der Waals surface area contributed by atoms with E-state index < -0.39 is 0 Å². The summed E-state index contributed by atoms with van der Waals surface area (Å²) in [5.41, 5.74) is 2.58. The molecule has 3 aliphatic rings. The number of rotatable bonds is 1. The lowest BCUT2D eigenvalue weighted by atomic mass is 10.1. The summed E-state index contributed by atoms with van der Waals surface area (Å²) in [6.07, 6.45) is 6.26. The van der Waals surface area contributed by atoms with Gasteiger partial charge in [-0.2, -0.15) is 0 Å². The minimum atomic E-state index is 0.502. The van der Waals surface area contributed by atoms with Crippen molar-refractivity contribution in [2.24, 2.45) is 0 Å². The van der Waals surface area contributed by atoms with Gasteiger partial charge < -0.3 is 5.11 Å².